The molecular weight excluding hydrogens is 164 g/mol. The number of rotatable bonds is 8. The third-order valence-electron chi connectivity index (χ3n) is 1.86. The second-order valence-corrected chi connectivity index (χ2v) is 3.22. The van der Waals surface area contributed by atoms with Gasteiger partial charge in [-0.25, -0.2) is 0 Å². The van der Waals surface area contributed by atoms with Gasteiger partial charge in [-0.1, -0.05) is 18.9 Å². The van der Waals surface area contributed by atoms with E-state index in [-0.39, 0.29) is 5.78 Å². The molecule has 0 aromatic heterocycles. The molecule has 0 aromatic carbocycles. The molecule has 0 radical (unpaired) electrons. The SMILES string of the molecule is CC(=O)CCCCCCC=CC=O. The Balaban J connectivity index is 3.03. The third-order valence-corrected chi connectivity index (χ3v) is 1.86. The molecule has 0 amide bonds. The molecule has 0 heterocycles. The zero-order chi connectivity index (χ0) is 9.94. The molecule has 0 atom stereocenters. The quantitative estimate of drug-likeness (QED) is 0.328. The Morgan fingerprint density at radius 3 is 2.46 bits per heavy atom. The molecule has 74 valence electrons. The van der Waals surface area contributed by atoms with Crippen LogP contribution in [0, 0.1) is 0 Å². The highest BCUT2D eigenvalue weighted by molar-refractivity contribution is 5.75. The number of Topliss-reactive ketones (excluding diaryl/α,β-unsaturated/α-hetero) is 1. The Hall–Kier alpha value is -0.920. The van der Waals surface area contributed by atoms with Gasteiger partial charge in [0.2, 0.25) is 0 Å². The minimum Gasteiger partial charge on any atom is -0.300 e. The van der Waals surface area contributed by atoms with E-state index in [2.05, 4.69) is 0 Å². The predicted octanol–water partition coefficient (Wildman–Crippen LogP) is 2.67. The second-order valence-electron chi connectivity index (χ2n) is 3.22. The minimum atomic E-state index is 0.279. The lowest BCUT2D eigenvalue weighted by Crippen LogP contribution is -1.88. The van der Waals surface area contributed by atoms with E-state index in [1.54, 1.807) is 6.92 Å². The van der Waals surface area contributed by atoms with Crippen molar-refractivity contribution < 1.29 is 9.59 Å². The first kappa shape index (κ1) is 12.1. The molecule has 0 bridgehead atoms. The highest BCUT2D eigenvalue weighted by atomic mass is 16.1. The molecular formula is C11H18O2. The molecule has 0 spiro atoms. The zero-order valence-corrected chi connectivity index (χ0v) is 8.29. The number of hydrogen-bond acceptors (Lipinski definition) is 2. The molecule has 2 heteroatoms. The van der Waals surface area contributed by atoms with E-state index in [1.165, 1.54) is 6.08 Å². The maximum Gasteiger partial charge on any atom is 0.142 e. The van der Waals surface area contributed by atoms with Crippen LogP contribution in [0.25, 0.3) is 0 Å². The molecule has 0 unspecified atom stereocenters. The summed E-state index contributed by atoms with van der Waals surface area (Å²) in [6.07, 6.45) is 10.3. The van der Waals surface area contributed by atoms with E-state index in [1.807, 2.05) is 6.08 Å². The van der Waals surface area contributed by atoms with E-state index in [0.29, 0.717) is 6.42 Å². The molecule has 13 heavy (non-hydrogen) atoms. The summed E-state index contributed by atoms with van der Waals surface area (Å²) in [5, 5.41) is 0. The van der Waals surface area contributed by atoms with Crippen molar-refractivity contribution in [1.29, 1.82) is 0 Å². The zero-order valence-electron chi connectivity index (χ0n) is 8.29. The summed E-state index contributed by atoms with van der Waals surface area (Å²) in [7, 11) is 0. The number of ketones is 1. The molecule has 2 nitrogen and oxygen atoms in total. The summed E-state index contributed by atoms with van der Waals surface area (Å²) >= 11 is 0. The normalized spacial score (nSPS) is 10.5. The predicted molar refractivity (Wildman–Crippen MR) is 53.6 cm³/mol. The van der Waals surface area contributed by atoms with Crippen molar-refractivity contribution in [1.82, 2.24) is 0 Å². The fourth-order valence-corrected chi connectivity index (χ4v) is 1.14. The van der Waals surface area contributed by atoms with Crippen LogP contribution in [0.3, 0.4) is 0 Å². The third kappa shape index (κ3) is 11.1. The van der Waals surface area contributed by atoms with Gasteiger partial charge in [0.15, 0.2) is 0 Å². The average molecular weight is 182 g/mol. The Morgan fingerprint density at radius 2 is 1.85 bits per heavy atom. The minimum absolute atomic E-state index is 0.279. The van der Waals surface area contributed by atoms with E-state index in [9.17, 15) is 9.59 Å². The van der Waals surface area contributed by atoms with Crippen molar-refractivity contribution in [3.05, 3.63) is 12.2 Å². The van der Waals surface area contributed by atoms with Gasteiger partial charge < -0.3 is 4.79 Å². The van der Waals surface area contributed by atoms with Gasteiger partial charge in [-0.2, -0.15) is 0 Å². The molecule has 0 N–H and O–H groups in total. The topological polar surface area (TPSA) is 34.1 Å². The number of aldehydes is 1. The van der Waals surface area contributed by atoms with Gasteiger partial charge in [-0.3, -0.25) is 4.79 Å². The van der Waals surface area contributed by atoms with Gasteiger partial charge in [0, 0.05) is 6.42 Å². The molecule has 0 rings (SSSR count). The smallest absolute Gasteiger partial charge is 0.142 e. The van der Waals surface area contributed by atoms with Crippen molar-refractivity contribution >= 4 is 12.1 Å². The van der Waals surface area contributed by atoms with Gasteiger partial charge in [-0.05, 0) is 32.3 Å². The fourth-order valence-electron chi connectivity index (χ4n) is 1.14. The summed E-state index contributed by atoms with van der Waals surface area (Å²) in [5.41, 5.74) is 0. The van der Waals surface area contributed by atoms with E-state index in [0.717, 1.165) is 38.4 Å². The summed E-state index contributed by atoms with van der Waals surface area (Å²) < 4.78 is 0. The average Bonchev–Trinajstić information content (AvgIpc) is 2.09. The largest absolute Gasteiger partial charge is 0.300 e. The maximum atomic E-state index is 10.6. The lowest BCUT2D eigenvalue weighted by molar-refractivity contribution is -0.117. The molecule has 0 aromatic rings. The van der Waals surface area contributed by atoms with E-state index < -0.39 is 0 Å². The van der Waals surface area contributed by atoms with Crippen LogP contribution in [-0.2, 0) is 9.59 Å². The van der Waals surface area contributed by atoms with Crippen molar-refractivity contribution in [3.63, 3.8) is 0 Å². The summed E-state index contributed by atoms with van der Waals surface area (Å²) in [4.78, 5) is 20.5. The van der Waals surface area contributed by atoms with Crippen LogP contribution in [-0.4, -0.2) is 12.1 Å². The van der Waals surface area contributed by atoms with Crippen LogP contribution in [0.4, 0.5) is 0 Å². The Labute approximate surface area is 80.0 Å². The van der Waals surface area contributed by atoms with Crippen molar-refractivity contribution in [2.24, 2.45) is 0 Å². The Kier molecular flexibility index (Phi) is 8.52. The van der Waals surface area contributed by atoms with Crippen molar-refractivity contribution in [2.45, 2.75) is 45.4 Å². The monoisotopic (exact) mass is 182 g/mol. The van der Waals surface area contributed by atoms with Crippen LogP contribution in [0.1, 0.15) is 45.4 Å². The van der Waals surface area contributed by atoms with Crippen LogP contribution in [0.2, 0.25) is 0 Å². The lowest BCUT2D eigenvalue weighted by atomic mass is 10.1. The molecule has 0 saturated carbocycles. The molecule has 0 fully saturated rings. The van der Waals surface area contributed by atoms with Crippen molar-refractivity contribution in [2.75, 3.05) is 0 Å². The standard InChI is InChI=1S/C11H18O2/c1-11(13)9-7-5-3-2-4-6-8-10-12/h6,8,10H,2-5,7,9H2,1H3. The molecule has 0 aliphatic carbocycles. The first-order valence-corrected chi connectivity index (χ1v) is 4.87. The first-order chi connectivity index (χ1) is 6.27. The second kappa shape index (κ2) is 9.17. The maximum absolute atomic E-state index is 10.6. The molecule has 0 aliphatic heterocycles. The van der Waals surface area contributed by atoms with E-state index in [4.69, 9.17) is 0 Å². The highest BCUT2D eigenvalue weighted by Gasteiger charge is 1.92. The van der Waals surface area contributed by atoms with Crippen LogP contribution >= 0.6 is 0 Å². The van der Waals surface area contributed by atoms with Crippen LogP contribution < -0.4 is 0 Å². The Morgan fingerprint density at radius 1 is 1.15 bits per heavy atom. The van der Waals surface area contributed by atoms with Gasteiger partial charge in [0.25, 0.3) is 0 Å². The Bertz CT molecular complexity index is 171. The highest BCUT2D eigenvalue weighted by Crippen LogP contribution is 2.05. The molecule has 0 aliphatic rings. The number of carbonyl (C=O) groups is 2. The summed E-state index contributed by atoms with van der Waals surface area (Å²) in [5.74, 6) is 0.279. The number of carbonyl (C=O) groups excluding carboxylic acids is 2. The molecule has 0 saturated heterocycles. The van der Waals surface area contributed by atoms with E-state index >= 15 is 0 Å². The first-order valence-electron chi connectivity index (χ1n) is 4.87. The number of allylic oxidation sites excluding steroid dienone is 2. The van der Waals surface area contributed by atoms with Crippen molar-refractivity contribution in [3.8, 4) is 0 Å². The van der Waals surface area contributed by atoms with Gasteiger partial charge in [-0.15, -0.1) is 0 Å². The van der Waals surface area contributed by atoms with Gasteiger partial charge in [0.1, 0.15) is 12.1 Å². The summed E-state index contributed by atoms with van der Waals surface area (Å²) in [6.45, 7) is 1.63. The van der Waals surface area contributed by atoms with Gasteiger partial charge in [0.05, 0.1) is 0 Å². The van der Waals surface area contributed by atoms with Gasteiger partial charge >= 0.3 is 0 Å². The van der Waals surface area contributed by atoms with Crippen LogP contribution in [0.15, 0.2) is 12.2 Å². The summed E-state index contributed by atoms with van der Waals surface area (Å²) in [6, 6.07) is 0. The fraction of sp³-hybridized carbons (Fsp3) is 0.636. The number of hydrogen-bond donors (Lipinski definition) is 0. The lowest BCUT2D eigenvalue weighted by Gasteiger charge is -1.96. The number of unbranched alkanes of at least 4 members (excludes halogenated alkanes) is 4. The van der Waals surface area contributed by atoms with Crippen LogP contribution in [0.5, 0.6) is 0 Å².